The number of carbonyl (C=O) groups is 1. The van der Waals surface area contributed by atoms with Crippen molar-refractivity contribution >= 4 is 23.3 Å². The number of rotatable bonds is 8. The van der Waals surface area contributed by atoms with Gasteiger partial charge >= 0.3 is 5.97 Å². The number of thiophene rings is 1. The van der Waals surface area contributed by atoms with Crippen LogP contribution in [0.1, 0.15) is 35.9 Å². The minimum atomic E-state index is -0.151. The molecule has 1 aromatic rings. The first kappa shape index (κ1) is 17.5. The molecule has 0 fully saturated rings. The van der Waals surface area contributed by atoms with Gasteiger partial charge in [-0.25, -0.2) is 0 Å². The average molecular weight is 311 g/mol. The van der Waals surface area contributed by atoms with Crippen molar-refractivity contribution in [3.63, 3.8) is 0 Å². The fourth-order valence-corrected chi connectivity index (χ4v) is 2.70. The molecule has 0 bridgehead atoms. The molecule has 1 heterocycles. The number of ether oxygens (including phenoxy) is 1. The molecule has 0 saturated carbocycles. The summed E-state index contributed by atoms with van der Waals surface area (Å²) in [6, 6.07) is 4.32. The van der Waals surface area contributed by atoms with E-state index < -0.39 is 0 Å². The lowest BCUT2D eigenvalue weighted by Gasteiger charge is -2.10. The van der Waals surface area contributed by atoms with Gasteiger partial charge in [-0.1, -0.05) is 6.92 Å². The lowest BCUT2D eigenvalue weighted by molar-refractivity contribution is -0.140. The van der Waals surface area contributed by atoms with Crippen molar-refractivity contribution in [3.8, 4) is 0 Å². The molecule has 5 nitrogen and oxygen atoms in total. The van der Waals surface area contributed by atoms with Crippen molar-refractivity contribution in [2.24, 2.45) is 4.99 Å². The van der Waals surface area contributed by atoms with Gasteiger partial charge < -0.3 is 15.4 Å². The lowest BCUT2D eigenvalue weighted by atomic mass is 10.2. The Hall–Kier alpha value is -1.56. The zero-order valence-corrected chi connectivity index (χ0v) is 13.9. The second kappa shape index (κ2) is 10.2. The van der Waals surface area contributed by atoms with Crippen LogP contribution in [0, 0.1) is 0 Å². The Balaban J connectivity index is 2.18. The maximum absolute atomic E-state index is 11.0. The number of nitrogens with zero attached hydrogens (tertiary/aromatic N) is 1. The Morgan fingerprint density at radius 1 is 1.29 bits per heavy atom. The first-order chi connectivity index (χ1) is 10.2. The molecule has 0 aromatic carbocycles. The number of hydrogen-bond acceptors (Lipinski definition) is 4. The summed E-state index contributed by atoms with van der Waals surface area (Å²) >= 11 is 1.83. The first-order valence-electron chi connectivity index (χ1n) is 7.28. The van der Waals surface area contributed by atoms with Crippen LogP contribution in [0.5, 0.6) is 0 Å². The van der Waals surface area contributed by atoms with Crippen LogP contribution >= 0.6 is 11.3 Å². The van der Waals surface area contributed by atoms with Gasteiger partial charge in [-0.2, -0.15) is 0 Å². The number of aliphatic imine (C=N–C) groups is 1. The fourth-order valence-electron chi connectivity index (χ4n) is 1.80. The lowest BCUT2D eigenvalue weighted by Crippen LogP contribution is -2.37. The van der Waals surface area contributed by atoms with Crippen molar-refractivity contribution in [1.29, 1.82) is 0 Å². The maximum Gasteiger partial charge on any atom is 0.305 e. The number of carbonyl (C=O) groups excluding carboxylic acids is 1. The van der Waals surface area contributed by atoms with Crippen LogP contribution in [0.3, 0.4) is 0 Å². The van der Waals surface area contributed by atoms with Crippen LogP contribution in [-0.4, -0.2) is 32.6 Å². The predicted molar refractivity (Wildman–Crippen MR) is 87.8 cm³/mol. The van der Waals surface area contributed by atoms with Crippen LogP contribution in [0.4, 0.5) is 0 Å². The molecule has 1 rings (SSSR count). The molecule has 21 heavy (non-hydrogen) atoms. The molecule has 118 valence electrons. The Labute approximate surface area is 130 Å². The quantitative estimate of drug-likeness (QED) is 0.335. The molecule has 0 unspecified atom stereocenters. The smallest absolute Gasteiger partial charge is 0.305 e. The second-order valence-electron chi connectivity index (χ2n) is 4.61. The molecular weight excluding hydrogens is 286 g/mol. The van der Waals surface area contributed by atoms with E-state index in [9.17, 15) is 4.79 Å². The molecule has 0 aliphatic rings. The molecule has 0 aliphatic carbocycles. The van der Waals surface area contributed by atoms with Crippen LogP contribution in [0.25, 0.3) is 0 Å². The van der Waals surface area contributed by atoms with Crippen molar-refractivity contribution in [1.82, 2.24) is 10.6 Å². The van der Waals surface area contributed by atoms with Crippen molar-refractivity contribution in [2.45, 2.75) is 39.2 Å². The van der Waals surface area contributed by atoms with Crippen molar-refractivity contribution in [3.05, 3.63) is 21.9 Å². The van der Waals surface area contributed by atoms with Gasteiger partial charge in [0.25, 0.3) is 0 Å². The van der Waals surface area contributed by atoms with Gasteiger partial charge in [-0.15, -0.1) is 11.3 Å². The molecule has 0 amide bonds. The van der Waals surface area contributed by atoms with Gasteiger partial charge in [0, 0.05) is 29.8 Å². The molecule has 0 radical (unpaired) electrons. The van der Waals surface area contributed by atoms with Crippen molar-refractivity contribution in [2.75, 3.05) is 20.7 Å². The Bertz CT molecular complexity index is 458. The standard InChI is InChI=1S/C15H25N3O2S/c1-4-12-8-9-13(21-12)11-18-15(16-2)17-10-6-5-7-14(19)20-3/h8-9H,4-7,10-11H2,1-3H3,(H2,16,17,18). The summed E-state index contributed by atoms with van der Waals surface area (Å²) in [4.78, 5) is 17.9. The molecule has 0 aliphatic heterocycles. The van der Waals surface area contributed by atoms with E-state index in [1.807, 2.05) is 11.3 Å². The number of hydrogen-bond donors (Lipinski definition) is 2. The Morgan fingerprint density at radius 3 is 2.67 bits per heavy atom. The zero-order valence-electron chi connectivity index (χ0n) is 13.1. The highest BCUT2D eigenvalue weighted by atomic mass is 32.1. The largest absolute Gasteiger partial charge is 0.469 e. The molecule has 0 saturated heterocycles. The average Bonchev–Trinajstić information content (AvgIpc) is 2.97. The third-order valence-electron chi connectivity index (χ3n) is 3.05. The second-order valence-corrected chi connectivity index (χ2v) is 5.86. The predicted octanol–water partition coefficient (Wildman–Crippen LogP) is 2.32. The number of esters is 1. The minimum Gasteiger partial charge on any atom is -0.469 e. The summed E-state index contributed by atoms with van der Waals surface area (Å²) in [5, 5.41) is 6.54. The SMILES string of the molecule is CCc1ccc(CNC(=NC)NCCCCC(=O)OC)s1. The van der Waals surface area contributed by atoms with E-state index in [1.54, 1.807) is 7.05 Å². The normalized spacial score (nSPS) is 11.3. The van der Waals surface area contributed by atoms with E-state index in [0.717, 1.165) is 38.3 Å². The third kappa shape index (κ3) is 7.13. The van der Waals surface area contributed by atoms with E-state index in [-0.39, 0.29) is 5.97 Å². The van der Waals surface area contributed by atoms with Crippen LogP contribution in [0.2, 0.25) is 0 Å². The van der Waals surface area contributed by atoms with Gasteiger partial charge in [0.1, 0.15) is 0 Å². The van der Waals surface area contributed by atoms with Gasteiger partial charge in [0.2, 0.25) is 0 Å². The fraction of sp³-hybridized carbons (Fsp3) is 0.600. The minimum absolute atomic E-state index is 0.151. The van der Waals surface area contributed by atoms with Crippen LogP contribution < -0.4 is 10.6 Å². The van der Waals surface area contributed by atoms with E-state index >= 15 is 0 Å². The Kier molecular flexibility index (Phi) is 8.50. The topological polar surface area (TPSA) is 62.7 Å². The van der Waals surface area contributed by atoms with E-state index in [4.69, 9.17) is 0 Å². The molecular formula is C15H25N3O2S. The highest BCUT2D eigenvalue weighted by Gasteiger charge is 2.02. The highest BCUT2D eigenvalue weighted by molar-refractivity contribution is 7.11. The van der Waals surface area contributed by atoms with Crippen molar-refractivity contribution < 1.29 is 9.53 Å². The van der Waals surface area contributed by atoms with Crippen LogP contribution in [0.15, 0.2) is 17.1 Å². The summed E-state index contributed by atoms with van der Waals surface area (Å²) in [5.41, 5.74) is 0. The maximum atomic E-state index is 11.0. The number of unbranched alkanes of at least 4 members (excludes halogenated alkanes) is 1. The molecule has 2 N–H and O–H groups in total. The molecule has 1 aromatic heterocycles. The summed E-state index contributed by atoms with van der Waals surface area (Å²) in [6.07, 6.45) is 3.28. The first-order valence-corrected chi connectivity index (χ1v) is 8.10. The highest BCUT2D eigenvalue weighted by Crippen LogP contribution is 2.16. The van der Waals surface area contributed by atoms with E-state index in [2.05, 4.69) is 39.4 Å². The Morgan fingerprint density at radius 2 is 2.05 bits per heavy atom. The number of methoxy groups -OCH3 is 1. The monoisotopic (exact) mass is 311 g/mol. The summed E-state index contributed by atoms with van der Waals surface area (Å²) < 4.78 is 4.60. The zero-order chi connectivity index (χ0) is 15.5. The number of nitrogens with one attached hydrogen (secondary N) is 2. The summed E-state index contributed by atoms with van der Waals surface area (Å²) in [6.45, 7) is 3.74. The van der Waals surface area contributed by atoms with Gasteiger partial charge in [-0.3, -0.25) is 9.79 Å². The molecule has 0 spiro atoms. The van der Waals surface area contributed by atoms with E-state index in [1.165, 1.54) is 16.9 Å². The third-order valence-corrected chi connectivity index (χ3v) is 4.28. The van der Waals surface area contributed by atoms with Gasteiger partial charge in [0.15, 0.2) is 5.96 Å². The van der Waals surface area contributed by atoms with Gasteiger partial charge in [0.05, 0.1) is 13.7 Å². The summed E-state index contributed by atoms with van der Waals surface area (Å²) in [5.74, 6) is 0.640. The molecule has 6 heteroatoms. The summed E-state index contributed by atoms with van der Waals surface area (Å²) in [7, 11) is 3.18. The van der Waals surface area contributed by atoms with Crippen LogP contribution in [-0.2, 0) is 22.5 Å². The van der Waals surface area contributed by atoms with Gasteiger partial charge in [-0.05, 0) is 31.4 Å². The number of aryl methyl sites for hydroxylation is 1. The molecule has 0 atom stereocenters. The van der Waals surface area contributed by atoms with E-state index in [0.29, 0.717) is 6.42 Å². The number of guanidine groups is 1.